The zero-order chi connectivity index (χ0) is 14.2. The van der Waals surface area contributed by atoms with Crippen LogP contribution in [0.1, 0.15) is 36.8 Å². The number of carbonyl (C=O) groups excluding carboxylic acids is 1. The lowest BCUT2D eigenvalue weighted by molar-refractivity contribution is -0.115. The number of ether oxygens (including phenoxy) is 1. The molecule has 6 heteroatoms. The fourth-order valence-corrected chi connectivity index (χ4v) is 3.17. The van der Waals surface area contributed by atoms with Crippen LogP contribution in [-0.4, -0.2) is 16.3 Å². The van der Waals surface area contributed by atoms with Gasteiger partial charge < -0.3 is 10.1 Å². The van der Waals surface area contributed by atoms with Gasteiger partial charge in [0.1, 0.15) is 11.1 Å². The molecule has 1 aromatic rings. The average Bonchev–Trinajstić information content (AvgIpc) is 2.64. The Morgan fingerprint density at radius 2 is 2.32 bits per heavy atom. The molecule has 0 fully saturated rings. The van der Waals surface area contributed by atoms with Crippen molar-refractivity contribution in [3.05, 3.63) is 16.0 Å². The van der Waals surface area contributed by atoms with E-state index >= 15 is 0 Å². The normalized spacial score (nSPS) is 18.3. The molecule has 4 nitrogen and oxygen atoms in total. The van der Waals surface area contributed by atoms with E-state index in [-0.39, 0.29) is 16.3 Å². The molecule has 0 unspecified atom stereocenters. The first-order valence-corrected chi connectivity index (χ1v) is 7.71. The van der Waals surface area contributed by atoms with E-state index in [9.17, 15) is 10.1 Å². The Balaban J connectivity index is 2.36. The van der Waals surface area contributed by atoms with Crippen LogP contribution in [0.2, 0.25) is 0 Å². The summed E-state index contributed by atoms with van der Waals surface area (Å²) >= 11 is 4.65. The van der Waals surface area contributed by atoms with Gasteiger partial charge in [-0.25, -0.2) is 0 Å². The Morgan fingerprint density at radius 3 is 2.89 bits per heavy atom. The van der Waals surface area contributed by atoms with Crippen molar-refractivity contribution in [1.82, 2.24) is 0 Å². The molecule has 2 rings (SSSR count). The van der Waals surface area contributed by atoms with Gasteiger partial charge in [0.25, 0.3) is 0 Å². The second-order valence-corrected chi connectivity index (χ2v) is 7.63. The minimum absolute atomic E-state index is 0.143. The van der Waals surface area contributed by atoms with Gasteiger partial charge in [-0.3, -0.25) is 4.79 Å². The van der Waals surface area contributed by atoms with Gasteiger partial charge in [-0.05, 0) is 26.3 Å². The first-order chi connectivity index (χ1) is 8.84. The van der Waals surface area contributed by atoms with Gasteiger partial charge in [-0.2, -0.15) is 5.26 Å². The van der Waals surface area contributed by atoms with Crippen LogP contribution in [0.15, 0.2) is 0 Å². The van der Waals surface area contributed by atoms with E-state index in [1.165, 1.54) is 11.3 Å². The summed E-state index contributed by atoms with van der Waals surface area (Å²) in [6.45, 7) is 6.27. The predicted molar refractivity (Wildman–Crippen MR) is 78.6 cm³/mol. The Bertz CT molecular complexity index is 558. The number of alkyl halides is 1. The molecule has 1 atom stereocenters. The minimum atomic E-state index is -0.286. The van der Waals surface area contributed by atoms with Gasteiger partial charge in [0.05, 0.1) is 22.6 Å². The number of fused-ring (bicyclic) bond motifs is 1. The molecule has 1 N–H and O–H groups in total. The zero-order valence-electron chi connectivity index (χ0n) is 11.0. The predicted octanol–water partition coefficient (Wildman–Crippen LogP) is 3.19. The second kappa shape index (κ2) is 5.23. The standard InChI is InChI=1S/C13H15BrN2O2S/c1-7(14)11(17)16-12-9(5-15)8-4-13(2,3)18-6-10(8)19-12/h7H,4,6H2,1-3H3,(H,16,17)/t7-/m1/s1. The third kappa shape index (κ3) is 2.99. The van der Waals surface area contributed by atoms with Crippen LogP contribution in [-0.2, 0) is 22.6 Å². The summed E-state index contributed by atoms with van der Waals surface area (Å²) in [5.74, 6) is -0.143. The number of anilines is 1. The highest BCUT2D eigenvalue weighted by atomic mass is 79.9. The molecule has 0 saturated heterocycles. The van der Waals surface area contributed by atoms with Crippen molar-refractivity contribution in [1.29, 1.82) is 5.26 Å². The Labute approximate surface area is 124 Å². The molecule has 0 aliphatic carbocycles. The van der Waals surface area contributed by atoms with E-state index in [0.29, 0.717) is 23.6 Å². The van der Waals surface area contributed by atoms with Crippen LogP contribution >= 0.6 is 27.3 Å². The maximum absolute atomic E-state index is 11.7. The summed E-state index contributed by atoms with van der Waals surface area (Å²) in [6.07, 6.45) is 0.696. The number of thiophene rings is 1. The van der Waals surface area contributed by atoms with E-state index < -0.39 is 0 Å². The summed E-state index contributed by atoms with van der Waals surface area (Å²) in [5, 5.41) is 12.8. The number of hydrogen-bond donors (Lipinski definition) is 1. The summed E-state index contributed by atoms with van der Waals surface area (Å²) in [5.41, 5.74) is 1.34. The van der Waals surface area contributed by atoms with Gasteiger partial charge in [0.15, 0.2) is 0 Å². The molecule has 2 heterocycles. The van der Waals surface area contributed by atoms with Gasteiger partial charge in [-0.1, -0.05) is 15.9 Å². The van der Waals surface area contributed by atoms with Gasteiger partial charge in [0, 0.05) is 11.3 Å². The molecule has 0 radical (unpaired) electrons. The molecule has 19 heavy (non-hydrogen) atoms. The number of hydrogen-bond acceptors (Lipinski definition) is 4. The lowest BCUT2D eigenvalue weighted by Gasteiger charge is -2.29. The second-order valence-electron chi connectivity index (χ2n) is 5.15. The van der Waals surface area contributed by atoms with Crippen molar-refractivity contribution in [3.8, 4) is 6.07 Å². The lowest BCUT2D eigenvalue weighted by Crippen LogP contribution is -2.31. The third-order valence-electron chi connectivity index (χ3n) is 3.00. The number of rotatable bonds is 2. The molecule has 0 bridgehead atoms. The number of nitrogens with zero attached hydrogens (tertiary/aromatic N) is 1. The van der Waals surface area contributed by atoms with Crippen LogP contribution in [0, 0.1) is 11.3 Å². The van der Waals surface area contributed by atoms with Gasteiger partial charge >= 0.3 is 0 Å². The summed E-state index contributed by atoms with van der Waals surface area (Å²) < 4.78 is 5.74. The molecule has 1 amide bonds. The highest BCUT2D eigenvalue weighted by Gasteiger charge is 2.31. The molecular formula is C13H15BrN2O2S. The summed E-state index contributed by atoms with van der Waals surface area (Å²) in [7, 11) is 0. The van der Waals surface area contributed by atoms with E-state index in [1.807, 2.05) is 13.8 Å². The maximum Gasteiger partial charge on any atom is 0.238 e. The van der Waals surface area contributed by atoms with Crippen molar-refractivity contribution >= 4 is 38.2 Å². The highest BCUT2D eigenvalue weighted by molar-refractivity contribution is 9.10. The zero-order valence-corrected chi connectivity index (χ0v) is 13.4. The van der Waals surface area contributed by atoms with Gasteiger partial charge in [-0.15, -0.1) is 11.3 Å². The van der Waals surface area contributed by atoms with Crippen LogP contribution in [0.4, 0.5) is 5.00 Å². The molecule has 0 aromatic carbocycles. The quantitative estimate of drug-likeness (QED) is 0.839. The molecule has 1 aliphatic heterocycles. The maximum atomic E-state index is 11.7. The largest absolute Gasteiger partial charge is 0.370 e. The molecule has 102 valence electrons. The topological polar surface area (TPSA) is 62.1 Å². The molecule has 1 aromatic heterocycles. The van der Waals surface area contributed by atoms with Crippen molar-refractivity contribution in [2.45, 2.75) is 44.2 Å². The molecule has 1 aliphatic rings. The van der Waals surface area contributed by atoms with E-state index in [0.717, 1.165) is 10.4 Å². The molecular weight excluding hydrogens is 328 g/mol. The van der Waals surface area contributed by atoms with Crippen molar-refractivity contribution in [3.63, 3.8) is 0 Å². The van der Waals surface area contributed by atoms with Crippen LogP contribution in [0.5, 0.6) is 0 Å². The average molecular weight is 343 g/mol. The number of halogens is 1. The Kier molecular flexibility index (Phi) is 4.00. The SMILES string of the molecule is C[C@@H](Br)C(=O)Nc1sc2c(c1C#N)CC(C)(C)OC2. The first kappa shape index (κ1) is 14.5. The van der Waals surface area contributed by atoms with E-state index in [4.69, 9.17) is 4.74 Å². The van der Waals surface area contributed by atoms with Crippen LogP contribution in [0.25, 0.3) is 0 Å². The lowest BCUT2D eigenvalue weighted by atomic mass is 9.93. The van der Waals surface area contributed by atoms with E-state index in [2.05, 4.69) is 27.3 Å². The smallest absolute Gasteiger partial charge is 0.238 e. The minimum Gasteiger partial charge on any atom is -0.370 e. The van der Waals surface area contributed by atoms with Crippen molar-refractivity contribution in [2.24, 2.45) is 0 Å². The fraction of sp³-hybridized carbons (Fsp3) is 0.538. The number of nitriles is 1. The number of nitrogens with one attached hydrogen (secondary N) is 1. The van der Waals surface area contributed by atoms with Gasteiger partial charge in [0.2, 0.25) is 5.91 Å². The van der Waals surface area contributed by atoms with Crippen molar-refractivity contribution < 1.29 is 9.53 Å². The fourth-order valence-electron chi connectivity index (χ4n) is 1.97. The van der Waals surface area contributed by atoms with Crippen LogP contribution in [0.3, 0.4) is 0 Å². The first-order valence-electron chi connectivity index (χ1n) is 5.97. The Morgan fingerprint density at radius 1 is 1.63 bits per heavy atom. The number of carbonyl (C=O) groups is 1. The van der Waals surface area contributed by atoms with Crippen LogP contribution < -0.4 is 5.32 Å². The Hall–Kier alpha value is -0.900. The molecule has 0 spiro atoms. The molecule has 0 saturated carbocycles. The highest BCUT2D eigenvalue weighted by Crippen LogP contribution is 2.40. The summed E-state index contributed by atoms with van der Waals surface area (Å²) in [6, 6.07) is 2.21. The number of amides is 1. The third-order valence-corrected chi connectivity index (χ3v) is 4.53. The monoisotopic (exact) mass is 342 g/mol. The summed E-state index contributed by atoms with van der Waals surface area (Å²) in [4.78, 5) is 12.5. The van der Waals surface area contributed by atoms with E-state index in [1.54, 1.807) is 6.92 Å². The van der Waals surface area contributed by atoms with Crippen molar-refractivity contribution in [2.75, 3.05) is 5.32 Å².